The van der Waals surface area contributed by atoms with E-state index >= 15 is 0 Å². The maximum atomic E-state index is 11.4. The number of amides is 2. The van der Waals surface area contributed by atoms with Gasteiger partial charge < -0.3 is 5.11 Å². The molecule has 16 heavy (non-hydrogen) atoms. The molecule has 0 aromatic rings. The largest absolute Gasteiger partial charge is 0.389 e. The molecule has 2 rings (SSSR count). The molecule has 90 valence electrons. The summed E-state index contributed by atoms with van der Waals surface area (Å²) in [5, 5.41) is 12.5. The summed E-state index contributed by atoms with van der Waals surface area (Å²) in [6.07, 6.45) is 3.88. The highest BCUT2D eigenvalue weighted by atomic mass is 16.3. The van der Waals surface area contributed by atoms with Crippen LogP contribution in [0, 0.1) is 0 Å². The molecule has 2 fully saturated rings. The maximum Gasteiger partial charge on any atom is 0.244 e. The molecule has 5 heteroatoms. The van der Waals surface area contributed by atoms with Crippen molar-refractivity contribution >= 4 is 11.8 Å². The molecule has 1 saturated carbocycles. The van der Waals surface area contributed by atoms with Crippen LogP contribution in [0.4, 0.5) is 0 Å². The number of nitrogens with zero attached hydrogens (tertiary/aromatic N) is 1. The molecule has 0 radical (unpaired) electrons. The fraction of sp³-hybridized carbons (Fsp3) is 0.818. The number of hydrogen-bond donors (Lipinski definition) is 2. The highest BCUT2D eigenvalue weighted by Gasteiger charge is 2.38. The lowest BCUT2D eigenvalue weighted by atomic mass is 10.0. The summed E-state index contributed by atoms with van der Waals surface area (Å²) in [4.78, 5) is 24.3. The van der Waals surface area contributed by atoms with E-state index in [4.69, 9.17) is 0 Å². The second-order valence-electron chi connectivity index (χ2n) is 4.98. The third kappa shape index (κ3) is 2.25. The van der Waals surface area contributed by atoms with Gasteiger partial charge in [-0.15, -0.1) is 0 Å². The van der Waals surface area contributed by atoms with Gasteiger partial charge in [0, 0.05) is 6.54 Å². The van der Waals surface area contributed by atoms with Gasteiger partial charge in [0.2, 0.25) is 11.8 Å². The van der Waals surface area contributed by atoms with E-state index in [1.807, 2.05) is 0 Å². The van der Waals surface area contributed by atoms with Crippen LogP contribution < -0.4 is 5.32 Å². The third-order valence-electron chi connectivity index (χ3n) is 3.55. The van der Waals surface area contributed by atoms with Crippen LogP contribution in [0.15, 0.2) is 0 Å². The fourth-order valence-electron chi connectivity index (χ4n) is 2.66. The van der Waals surface area contributed by atoms with E-state index < -0.39 is 11.6 Å². The first-order valence-electron chi connectivity index (χ1n) is 5.76. The Labute approximate surface area is 94.8 Å². The van der Waals surface area contributed by atoms with Gasteiger partial charge in [-0.1, -0.05) is 12.8 Å². The maximum absolute atomic E-state index is 11.4. The number of nitrogens with one attached hydrogen (secondary N) is 1. The molecule has 0 spiro atoms. The summed E-state index contributed by atoms with van der Waals surface area (Å²) >= 11 is 0. The zero-order valence-corrected chi connectivity index (χ0v) is 9.53. The molecule has 1 unspecified atom stereocenters. The second-order valence-corrected chi connectivity index (χ2v) is 4.98. The number of likely N-dealkylation sites (N-methyl/N-ethyl adjacent to an activating group) is 1. The first-order chi connectivity index (χ1) is 7.50. The normalized spacial score (nSPS) is 28.8. The Kier molecular flexibility index (Phi) is 2.99. The minimum Gasteiger partial charge on any atom is -0.389 e. The van der Waals surface area contributed by atoms with Gasteiger partial charge in [-0.2, -0.15) is 0 Å². The Bertz CT molecular complexity index is 310. The zero-order chi connectivity index (χ0) is 11.8. The van der Waals surface area contributed by atoms with Crippen LogP contribution in [0.3, 0.4) is 0 Å². The number of imide groups is 1. The van der Waals surface area contributed by atoms with E-state index in [0.29, 0.717) is 6.54 Å². The van der Waals surface area contributed by atoms with Crippen molar-refractivity contribution in [1.82, 2.24) is 10.2 Å². The van der Waals surface area contributed by atoms with Gasteiger partial charge in [-0.3, -0.25) is 19.8 Å². The predicted molar refractivity (Wildman–Crippen MR) is 57.6 cm³/mol. The van der Waals surface area contributed by atoms with Gasteiger partial charge in [0.05, 0.1) is 18.1 Å². The smallest absolute Gasteiger partial charge is 0.244 e. The second kappa shape index (κ2) is 4.14. The highest BCUT2D eigenvalue weighted by molar-refractivity contribution is 6.05. The van der Waals surface area contributed by atoms with Crippen LogP contribution in [-0.4, -0.2) is 47.1 Å². The molecule has 2 N–H and O–H groups in total. The van der Waals surface area contributed by atoms with Crippen molar-refractivity contribution in [1.29, 1.82) is 0 Å². The molecule has 5 nitrogen and oxygen atoms in total. The number of carbonyl (C=O) groups excluding carboxylic acids is 2. The topological polar surface area (TPSA) is 69.6 Å². The third-order valence-corrected chi connectivity index (χ3v) is 3.55. The minimum atomic E-state index is -0.666. The van der Waals surface area contributed by atoms with Gasteiger partial charge >= 0.3 is 0 Å². The van der Waals surface area contributed by atoms with Crippen molar-refractivity contribution in [2.45, 2.75) is 43.7 Å². The van der Waals surface area contributed by atoms with Crippen molar-refractivity contribution in [2.75, 3.05) is 13.6 Å². The molecular formula is C11H18N2O3. The summed E-state index contributed by atoms with van der Waals surface area (Å²) in [5.74, 6) is -0.464. The summed E-state index contributed by atoms with van der Waals surface area (Å²) < 4.78 is 0. The Balaban J connectivity index is 1.95. The Morgan fingerprint density at radius 1 is 1.44 bits per heavy atom. The van der Waals surface area contributed by atoms with Crippen molar-refractivity contribution in [3.63, 3.8) is 0 Å². The van der Waals surface area contributed by atoms with Crippen molar-refractivity contribution < 1.29 is 14.7 Å². The Hall–Kier alpha value is -0.940. The van der Waals surface area contributed by atoms with Crippen LogP contribution in [-0.2, 0) is 9.59 Å². The molecule has 0 bridgehead atoms. The van der Waals surface area contributed by atoms with E-state index in [-0.39, 0.29) is 18.2 Å². The molecule has 2 amide bonds. The quantitative estimate of drug-likeness (QED) is 0.645. The first kappa shape index (κ1) is 11.5. The van der Waals surface area contributed by atoms with Crippen molar-refractivity contribution in [3.8, 4) is 0 Å². The van der Waals surface area contributed by atoms with E-state index in [0.717, 1.165) is 25.7 Å². The number of hydrogen-bond acceptors (Lipinski definition) is 4. The van der Waals surface area contributed by atoms with Crippen LogP contribution in [0.2, 0.25) is 0 Å². The molecule has 0 aromatic carbocycles. The summed E-state index contributed by atoms with van der Waals surface area (Å²) in [7, 11) is 1.79. The van der Waals surface area contributed by atoms with E-state index in [9.17, 15) is 14.7 Å². The van der Waals surface area contributed by atoms with Crippen molar-refractivity contribution in [3.05, 3.63) is 0 Å². The zero-order valence-electron chi connectivity index (χ0n) is 9.53. The molecule has 2 aliphatic rings. The number of aliphatic hydroxyl groups is 1. The standard InChI is InChI=1S/C11H18N2O3/c1-13(7-11(16)4-2-3-5-11)8-6-9(14)12-10(8)15/h8,16H,2-7H2,1H3,(H,12,14,15). The van der Waals surface area contributed by atoms with Crippen LogP contribution in [0.25, 0.3) is 0 Å². The van der Waals surface area contributed by atoms with Crippen LogP contribution >= 0.6 is 0 Å². The van der Waals surface area contributed by atoms with Gasteiger partial charge in [-0.25, -0.2) is 0 Å². The summed E-state index contributed by atoms with van der Waals surface area (Å²) in [6, 6.07) is -0.405. The first-order valence-corrected chi connectivity index (χ1v) is 5.76. The lowest BCUT2D eigenvalue weighted by molar-refractivity contribution is -0.126. The lowest BCUT2D eigenvalue weighted by Gasteiger charge is -2.30. The molecule has 0 aromatic heterocycles. The molecule has 1 aliphatic heterocycles. The van der Waals surface area contributed by atoms with E-state index in [1.165, 1.54) is 0 Å². The molecule has 1 aliphatic carbocycles. The Morgan fingerprint density at radius 3 is 2.56 bits per heavy atom. The van der Waals surface area contributed by atoms with Crippen LogP contribution in [0.5, 0.6) is 0 Å². The molecular weight excluding hydrogens is 208 g/mol. The van der Waals surface area contributed by atoms with E-state index in [1.54, 1.807) is 11.9 Å². The molecule has 1 heterocycles. The van der Waals surface area contributed by atoms with Crippen molar-refractivity contribution in [2.24, 2.45) is 0 Å². The molecule has 1 atom stereocenters. The average Bonchev–Trinajstić information content (AvgIpc) is 2.73. The summed E-state index contributed by atoms with van der Waals surface area (Å²) in [5.41, 5.74) is -0.666. The van der Waals surface area contributed by atoms with Gasteiger partial charge in [0.1, 0.15) is 0 Å². The Morgan fingerprint density at radius 2 is 2.06 bits per heavy atom. The van der Waals surface area contributed by atoms with Crippen LogP contribution in [0.1, 0.15) is 32.1 Å². The highest BCUT2D eigenvalue weighted by Crippen LogP contribution is 2.30. The SMILES string of the molecule is CN(CC1(O)CCCC1)C1CC(=O)NC1=O. The molecule has 1 saturated heterocycles. The summed E-state index contributed by atoms with van der Waals surface area (Å²) in [6.45, 7) is 0.471. The fourth-order valence-corrected chi connectivity index (χ4v) is 2.66. The van der Waals surface area contributed by atoms with Gasteiger partial charge in [0.25, 0.3) is 0 Å². The minimum absolute atomic E-state index is 0.214. The predicted octanol–water partition coefficient (Wildman–Crippen LogP) is -0.362. The average molecular weight is 226 g/mol. The monoisotopic (exact) mass is 226 g/mol. The van der Waals surface area contributed by atoms with E-state index in [2.05, 4.69) is 5.32 Å². The number of carbonyl (C=O) groups is 2. The van der Waals surface area contributed by atoms with Gasteiger partial charge in [-0.05, 0) is 19.9 Å². The lowest BCUT2D eigenvalue weighted by Crippen LogP contribution is -2.46. The van der Waals surface area contributed by atoms with Gasteiger partial charge in [0.15, 0.2) is 0 Å². The number of rotatable bonds is 3.